The monoisotopic (exact) mass is 689 g/mol. The van der Waals surface area contributed by atoms with Crippen molar-refractivity contribution in [3.05, 3.63) is 0 Å². The van der Waals surface area contributed by atoms with E-state index in [1.807, 2.05) is 0 Å². The molecular weight excluding hydrogens is 623 g/mol. The molecule has 4 aliphatic carbocycles. The molecule has 0 aromatic rings. The smallest absolute Gasteiger partial charge is 0.217 e. The van der Waals surface area contributed by atoms with Gasteiger partial charge < -0.3 is 28.5 Å². The number of rotatable bonds is 8. The minimum Gasteiger partial charge on any atom is -0.726 e. The Morgan fingerprint density at radius 3 is 2.22 bits per heavy atom. The first-order valence-corrected chi connectivity index (χ1v) is 22.3. The SMILES string of the molecule is CC(CCCOS(=O)(=O)[O-])C1CC[C@H]2C3C(C[C@H](O)[C@]12C)[C@@]1(C)CCC2(C[C@@H]1C[C@H]3O[Si](C)(C)C(C)(C)C)OCCO2.C[NH+](C)C. The first-order chi connectivity index (χ1) is 21.1. The van der Waals surface area contributed by atoms with Crippen LogP contribution < -0.4 is 4.90 Å². The molecule has 1 spiro atoms. The zero-order chi connectivity index (χ0) is 34.5. The summed E-state index contributed by atoms with van der Waals surface area (Å²) in [7, 11) is -0.480. The Bertz CT molecular complexity index is 1140. The molecule has 10 atom stereocenters. The first-order valence-electron chi connectivity index (χ1n) is 18.1. The van der Waals surface area contributed by atoms with Crippen LogP contribution in [-0.4, -0.2) is 85.4 Å². The van der Waals surface area contributed by atoms with Gasteiger partial charge >= 0.3 is 0 Å². The topological polar surface area (TPSA) is 119 Å². The van der Waals surface area contributed by atoms with Gasteiger partial charge in [0.05, 0.1) is 47.1 Å². The van der Waals surface area contributed by atoms with Crippen LogP contribution in [-0.2, 0) is 28.5 Å². The van der Waals surface area contributed by atoms with Crippen molar-refractivity contribution in [1.82, 2.24) is 0 Å². The highest BCUT2D eigenvalue weighted by atomic mass is 32.3. The number of aliphatic hydroxyl groups excluding tert-OH is 1. The molecule has 0 aromatic carbocycles. The Morgan fingerprint density at radius 1 is 1.04 bits per heavy atom. The van der Waals surface area contributed by atoms with Crippen LogP contribution in [0, 0.1) is 46.3 Å². The number of quaternary nitrogens is 1. The van der Waals surface area contributed by atoms with E-state index in [-0.39, 0.29) is 28.6 Å². The van der Waals surface area contributed by atoms with Crippen molar-refractivity contribution in [2.24, 2.45) is 46.3 Å². The average Bonchev–Trinajstić information content (AvgIpc) is 3.51. The Kier molecular flexibility index (Phi) is 11.7. The predicted molar refractivity (Wildman–Crippen MR) is 181 cm³/mol. The van der Waals surface area contributed by atoms with Crippen LogP contribution in [0.3, 0.4) is 0 Å². The first kappa shape index (κ1) is 38.7. The molecule has 5 rings (SSSR count). The van der Waals surface area contributed by atoms with E-state index in [1.54, 1.807) is 0 Å². The molecule has 9 nitrogen and oxygen atoms in total. The number of hydrogen-bond acceptors (Lipinski definition) is 8. The van der Waals surface area contributed by atoms with E-state index in [0.717, 1.165) is 51.4 Å². The van der Waals surface area contributed by atoms with Crippen LogP contribution in [0.1, 0.15) is 99.3 Å². The lowest BCUT2D eigenvalue weighted by Gasteiger charge is -2.65. The number of hydrogen-bond donors (Lipinski definition) is 2. The molecule has 270 valence electrons. The van der Waals surface area contributed by atoms with Gasteiger partial charge in [0.25, 0.3) is 0 Å². The standard InChI is InChI=1S/C32H58O8SSi.C3H9N/c1-21(10-9-15-39-41(34,35)36)23-11-12-24-28-25(19-27(33)31(23,24)6)30(5)13-14-32(37-16-17-38-32)20-22(30)18-26(28)40-42(7,8)29(2,3)4;1-4(2)3/h21-28,33H,9-20H2,1-8H3,(H,34,35,36);1-3H3/t21?,22-,23?,24-,25?,26+,27-,28?,30-,31+;/m0./s1. The molecular formula is C35H67NO8SSi. The van der Waals surface area contributed by atoms with Crippen LogP contribution in [0.5, 0.6) is 0 Å². The van der Waals surface area contributed by atoms with Gasteiger partial charge in [-0.05, 0) is 109 Å². The molecule has 1 heterocycles. The lowest BCUT2D eigenvalue weighted by Crippen LogP contribution is -3.02. The largest absolute Gasteiger partial charge is 0.726 e. The Balaban J connectivity index is 0.00000113. The molecule has 0 aromatic heterocycles. The second-order valence-corrected chi connectivity index (χ2v) is 23.9. The summed E-state index contributed by atoms with van der Waals surface area (Å²) in [4.78, 5) is 1.42. The van der Waals surface area contributed by atoms with Crippen LogP contribution in [0.25, 0.3) is 0 Å². The van der Waals surface area contributed by atoms with Crippen molar-refractivity contribution >= 4 is 18.7 Å². The summed E-state index contributed by atoms with van der Waals surface area (Å²) >= 11 is 0. The molecule has 11 heteroatoms. The van der Waals surface area contributed by atoms with E-state index < -0.39 is 30.6 Å². The van der Waals surface area contributed by atoms with Crippen molar-refractivity contribution < 1.29 is 41.1 Å². The van der Waals surface area contributed by atoms with Crippen LogP contribution in [0.15, 0.2) is 0 Å². The average molecular weight is 690 g/mol. The maximum absolute atomic E-state index is 12.1. The van der Waals surface area contributed by atoms with Crippen molar-refractivity contribution in [3.63, 3.8) is 0 Å². The molecule has 1 saturated heterocycles. The van der Waals surface area contributed by atoms with E-state index in [2.05, 4.69) is 80.0 Å². The Hall–Kier alpha value is -0.113. The predicted octanol–water partition coefficient (Wildman–Crippen LogP) is 5.01. The molecule has 5 fully saturated rings. The fourth-order valence-electron chi connectivity index (χ4n) is 10.3. The van der Waals surface area contributed by atoms with Gasteiger partial charge in [0.1, 0.15) is 0 Å². The second kappa shape index (κ2) is 13.9. The number of nitrogens with one attached hydrogen (secondary N) is 1. The summed E-state index contributed by atoms with van der Waals surface area (Å²) in [5, 5.41) is 12.2. The van der Waals surface area contributed by atoms with Gasteiger partial charge in [0, 0.05) is 18.9 Å². The van der Waals surface area contributed by atoms with Gasteiger partial charge in [-0.3, -0.25) is 4.18 Å². The molecule has 2 N–H and O–H groups in total. The number of aliphatic hydroxyl groups is 1. The van der Waals surface area contributed by atoms with Gasteiger partial charge in [0.15, 0.2) is 14.1 Å². The van der Waals surface area contributed by atoms with Crippen LogP contribution in [0.4, 0.5) is 0 Å². The van der Waals surface area contributed by atoms with Gasteiger partial charge in [-0.1, -0.05) is 41.5 Å². The molecule has 0 bridgehead atoms. The van der Waals surface area contributed by atoms with Crippen molar-refractivity contribution in [1.29, 1.82) is 0 Å². The molecule has 5 aliphatic rings. The fraction of sp³-hybridized carbons (Fsp3) is 1.00. The highest BCUT2D eigenvalue weighted by Crippen LogP contribution is 2.70. The van der Waals surface area contributed by atoms with Crippen molar-refractivity contribution in [3.8, 4) is 0 Å². The third-order valence-corrected chi connectivity index (χ3v) is 18.6. The van der Waals surface area contributed by atoms with E-state index in [1.165, 1.54) is 4.90 Å². The molecule has 4 unspecified atom stereocenters. The van der Waals surface area contributed by atoms with Crippen molar-refractivity contribution in [2.75, 3.05) is 41.0 Å². The maximum Gasteiger partial charge on any atom is 0.217 e. The summed E-state index contributed by atoms with van der Waals surface area (Å²) in [5.74, 6) is 1.79. The molecule has 0 amide bonds. The molecule has 1 aliphatic heterocycles. The Morgan fingerprint density at radius 2 is 1.65 bits per heavy atom. The van der Waals surface area contributed by atoms with Crippen LogP contribution >= 0.6 is 0 Å². The highest BCUT2D eigenvalue weighted by molar-refractivity contribution is 7.80. The lowest BCUT2D eigenvalue weighted by molar-refractivity contribution is -0.836. The zero-order valence-corrected chi connectivity index (χ0v) is 32.6. The minimum atomic E-state index is -4.67. The molecule has 4 saturated carbocycles. The van der Waals surface area contributed by atoms with Gasteiger partial charge in [-0.2, -0.15) is 0 Å². The maximum atomic E-state index is 12.1. The summed E-state index contributed by atoms with van der Waals surface area (Å²) in [6.07, 6.45) is 7.94. The van der Waals surface area contributed by atoms with E-state index in [0.29, 0.717) is 55.1 Å². The number of ether oxygens (including phenoxy) is 2. The third-order valence-electron chi connectivity index (χ3n) is 13.6. The minimum absolute atomic E-state index is 0.0760. The summed E-state index contributed by atoms with van der Waals surface area (Å²) < 4.78 is 57.1. The second-order valence-electron chi connectivity index (χ2n) is 18.1. The van der Waals surface area contributed by atoms with E-state index in [9.17, 15) is 18.1 Å². The van der Waals surface area contributed by atoms with E-state index >= 15 is 0 Å². The third kappa shape index (κ3) is 7.78. The highest BCUT2D eigenvalue weighted by Gasteiger charge is 2.67. The lowest BCUT2D eigenvalue weighted by atomic mass is 9.43. The molecule has 46 heavy (non-hydrogen) atoms. The van der Waals surface area contributed by atoms with Crippen molar-refractivity contribution in [2.45, 2.75) is 135 Å². The molecule has 0 radical (unpaired) electrons. The quantitative estimate of drug-likeness (QED) is 0.158. The van der Waals surface area contributed by atoms with Crippen LogP contribution in [0.2, 0.25) is 18.1 Å². The number of fused-ring (bicyclic) bond motifs is 5. The zero-order valence-electron chi connectivity index (χ0n) is 30.8. The normalized spacial score (nSPS) is 39.7. The summed E-state index contributed by atoms with van der Waals surface area (Å²) in [6, 6.07) is 0. The van der Waals surface area contributed by atoms with E-state index in [4.69, 9.17) is 13.9 Å². The Labute approximate surface area is 281 Å². The fourth-order valence-corrected chi connectivity index (χ4v) is 12.0. The summed E-state index contributed by atoms with van der Waals surface area (Å²) in [6.45, 7) is 20.1. The van der Waals surface area contributed by atoms with Gasteiger partial charge in [-0.15, -0.1) is 0 Å². The summed E-state index contributed by atoms with van der Waals surface area (Å²) in [5.41, 5.74) is -0.108. The van der Waals surface area contributed by atoms with Gasteiger partial charge in [0.2, 0.25) is 10.4 Å². The van der Waals surface area contributed by atoms with Gasteiger partial charge in [-0.25, -0.2) is 8.42 Å².